The van der Waals surface area contributed by atoms with Gasteiger partial charge in [-0.05, 0) is 49.3 Å². The zero-order chi connectivity index (χ0) is 13.9. The third-order valence-corrected chi connectivity index (χ3v) is 4.21. The molecule has 3 N–H and O–H groups in total. The van der Waals surface area contributed by atoms with Gasteiger partial charge in [0.05, 0.1) is 6.61 Å². The third-order valence-electron chi connectivity index (χ3n) is 4.21. The largest absolute Gasteiger partial charge is 0.505 e. The molecule has 0 spiro atoms. The number of aliphatic hydroxyl groups excluding tert-OH is 1. The Labute approximate surface area is 113 Å². The van der Waals surface area contributed by atoms with Crippen LogP contribution in [-0.4, -0.2) is 22.4 Å². The predicted octanol–water partition coefficient (Wildman–Crippen LogP) is 2.56. The lowest BCUT2D eigenvalue weighted by molar-refractivity contribution is 0.104. The van der Waals surface area contributed by atoms with Crippen molar-refractivity contribution in [2.24, 2.45) is 5.92 Å². The molecule has 0 radical (unpaired) electrons. The second-order valence-electron chi connectivity index (χ2n) is 5.76. The van der Waals surface area contributed by atoms with Crippen LogP contribution in [0, 0.1) is 11.7 Å². The van der Waals surface area contributed by atoms with E-state index in [0.717, 1.165) is 31.2 Å². The van der Waals surface area contributed by atoms with Crippen molar-refractivity contribution in [2.45, 2.75) is 44.7 Å². The first-order valence-corrected chi connectivity index (χ1v) is 6.88. The van der Waals surface area contributed by atoms with Gasteiger partial charge in [0.2, 0.25) is 0 Å². The van der Waals surface area contributed by atoms with Gasteiger partial charge in [0.25, 0.3) is 0 Å². The van der Waals surface area contributed by atoms with Crippen LogP contribution in [0.15, 0.2) is 18.2 Å². The quantitative estimate of drug-likeness (QED) is 0.786. The first-order chi connectivity index (χ1) is 9.04. The molecule has 1 aromatic rings. The van der Waals surface area contributed by atoms with E-state index in [1.807, 2.05) is 0 Å². The molecule has 0 heterocycles. The second-order valence-corrected chi connectivity index (χ2v) is 5.76. The van der Waals surface area contributed by atoms with Gasteiger partial charge in [0.1, 0.15) is 0 Å². The Morgan fingerprint density at radius 1 is 1.37 bits per heavy atom. The van der Waals surface area contributed by atoms with E-state index >= 15 is 0 Å². The summed E-state index contributed by atoms with van der Waals surface area (Å²) >= 11 is 0. The van der Waals surface area contributed by atoms with Crippen LogP contribution in [0.25, 0.3) is 0 Å². The summed E-state index contributed by atoms with van der Waals surface area (Å²) in [7, 11) is 0. The van der Waals surface area contributed by atoms with Crippen LogP contribution in [0.3, 0.4) is 0 Å². The second kappa shape index (κ2) is 5.88. The lowest BCUT2D eigenvalue weighted by atomic mass is 9.77. The summed E-state index contributed by atoms with van der Waals surface area (Å²) in [5.74, 6) is -0.214. The van der Waals surface area contributed by atoms with Crippen LogP contribution in [0.2, 0.25) is 0 Å². The maximum Gasteiger partial charge on any atom is 0.165 e. The van der Waals surface area contributed by atoms with Gasteiger partial charge < -0.3 is 15.5 Å². The van der Waals surface area contributed by atoms with Crippen LogP contribution >= 0.6 is 0 Å². The van der Waals surface area contributed by atoms with Crippen LogP contribution in [0.4, 0.5) is 4.39 Å². The normalized spacial score (nSPS) is 27.4. The summed E-state index contributed by atoms with van der Waals surface area (Å²) in [6, 6.07) is 4.39. The molecule has 3 nitrogen and oxygen atoms in total. The number of hydrogen-bond donors (Lipinski definition) is 3. The summed E-state index contributed by atoms with van der Waals surface area (Å²) in [6.45, 7) is 2.85. The number of phenols is 1. The lowest BCUT2D eigenvalue weighted by Gasteiger charge is -2.39. The topological polar surface area (TPSA) is 52.5 Å². The third kappa shape index (κ3) is 3.45. The molecule has 1 aliphatic rings. The molecule has 1 saturated carbocycles. The maximum atomic E-state index is 13.2. The van der Waals surface area contributed by atoms with Crippen LogP contribution < -0.4 is 5.32 Å². The van der Waals surface area contributed by atoms with Crippen molar-refractivity contribution >= 4 is 0 Å². The van der Waals surface area contributed by atoms with Crippen LogP contribution in [0.5, 0.6) is 5.75 Å². The van der Waals surface area contributed by atoms with Gasteiger partial charge in [-0.15, -0.1) is 0 Å². The van der Waals surface area contributed by atoms with Gasteiger partial charge in [-0.1, -0.05) is 13.0 Å². The summed E-state index contributed by atoms with van der Waals surface area (Å²) in [4.78, 5) is 0. The van der Waals surface area contributed by atoms with E-state index in [1.165, 1.54) is 12.1 Å². The molecule has 0 saturated heterocycles. The molecule has 0 aliphatic heterocycles. The van der Waals surface area contributed by atoms with Gasteiger partial charge in [0, 0.05) is 12.1 Å². The van der Waals surface area contributed by atoms with Gasteiger partial charge >= 0.3 is 0 Å². The first-order valence-electron chi connectivity index (χ1n) is 6.88. The van der Waals surface area contributed by atoms with E-state index in [9.17, 15) is 9.50 Å². The molecule has 1 aromatic carbocycles. The van der Waals surface area contributed by atoms with E-state index < -0.39 is 5.82 Å². The van der Waals surface area contributed by atoms with Crippen molar-refractivity contribution in [1.82, 2.24) is 5.32 Å². The molecule has 1 fully saturated rings. The highest BCUT2D eigenvalue weighted by Crippen LogP contribution is 2.32. The number of rotatable bonds is 4. The summed E-state index contributed by atoms with van der Waals surface area (Å²) < 4.78 is 13.2. The highest BCUT2D eigenvalue weighted by atomic mass is 19.1. The SMILES string of the molecule is CC1CCC(CO)(NCc2ccc(O)c(F)c2)CC1. The molecule has 0 atom stereocenters. The fourth-order valence-electron chi connectivity index (χ4n) is 2.66. The highest BCUT2D eigenvalue weighted by molar-refractivity contribution is 5.28. The van der Waals surface area contributed by atoms with Crippen LogP contribution in [0.1, 0.15) is 38.2 Å². The summed E-state index contributed by atoms with van der Waals surface area (Å²) in [6.07, 6.45) is 4.12. The number of hydrogen-bond acceptors (Lipinski definition) is 3. The first kappa shape index (κ1) is 14.3. The molecule has 4 heteroatoms. The molecule has 19 heavy (non-hydrogen) atoms. The number of phenolic OH excluding ortho intramolecular Hbond substituents is 1. The summed E-state index contributed by atoms with van der Waals surface area (Å²) in [5, 5.41) is 22.1. The van der Waals surface area contributed by atoms with Gasteiger partial charge in [-0.2, -0.15) is 0 Å². The van der Waals surface area contributed by atoms with E-state index in [-0.39, 0.29) is 17.9 Å². The van der Waals surface area contributed by atoms with E-state index in [2.05, 4.69) is 12.2 Å². The van der Waals surface area contributed by atoms with E-state index in [4.69, 9.17) is 5.11 Å². The molecule has 1 aliphatic carbocycles. The predicted molar refractivity (Wildman–Crippen MR) is 72.4 cm³/mol. The average Bonchev–Trinajstić information content (AvgIpc) is 2.42. The van der Waals surface area contributed by atoms with Crippen molar-refractivity contribution < 1.29 is 14.6 Å². The standard InChI is InChI=1S/C15H22FNO2/c1-11-4-6-15(10-18,7-5-11)17-9-12-2-3-14(19)13(16)8-12/h2-3,8,11,17-19H,4-7,9-10H2,1H3. The molecule has 0 bridgehead atoms. The Morgan fingerprint density at radius 2 is 2.05 bits per heavy atom. The van der Waals surface area contributed by atoms with Crippen molar-refractivity contribution in [3.63, 3.8) is 0 Å². The molecule has 0 unspecified atom stereocenters. The van der Waals surface area contributed by atoms with E-state index in [1.54, 1.807) is 6.07 Å². The van der Waals surface area contributed by atoms with E-state index in [0.29, 0.717) is 12.5 Å². The Bertz CT molecular complexity index is 428. The maximum absolute atomic E-state index is 13.2. The van der Waals surface area contributed by atoms with Crippen molar-refractivity contribution in [3.05, 3.63) is 29.6 Å². The Kier molecular flexibility index (Phi) is 4.42. The number of aliphatic hydroxyl groups is 1. The van der Waals surface area contributed by atoms with Gasteiger partial charge in [-0.3, -0.25) is 0 Å². The van der Waals surface area contributed by atoms with Crippen LogP contribution in [-0.2, 0) is 6.54 Å². The minimum Gasteiger partial charge on any atom is -0.505 e. The van der Waals surface area contributed by atoms with Gasteiger partial charge in [-0.25, -0.2) is 4.39 Å². The fraction of sp³-hybridized carbons (Fsp3) is 0.600. The smallest absolute Gasteiger partial charge is 0.165 e. The number of benzene rings is 1. The number of halogens is 1. The molecule has 2 rings (SSSR count). The zero-order valence-electron chi connectivity index (χ0n) is 11.3. The number of aromatic hydroxyl groups is 1. The molecular weight excluding hydrogens is 245 g/mol. The van der Waals surface area contributed by atoms with Crippen molar-refractivity contribution in [2.75, 3.05) is 6.61 Å². The number of nitrogens with one attached hydrogen (secondary N) is 1. The fourth-order valence-corrected chi connectivity index (χ4v) is 2.66. The molecule has 106 valence electrons. The van der Waals surface area contributed by atoms with Crippen molar-refractivity contribution in [1.29, 1.82) is 0 Å². The Hall–Kier alpha value is -1.13. The van der Waals surface area contributed by atoms with Crippen molar-refractivity contribution in [3.8, 4) is 5.75 Å². The zero-order valence-corrected chi connectivity index (χ0v) is 11.3. The summed E-state index contributed by atoms with van der Waals surface area (Å²) in [5.41, 5.74) is 0.544. The minimum absolute atomic E-state index is 0.111. The highest BCUT2D eigenvalue weighted by Gasteiger charge is 2.32. The van der Waals surface area contributed by atoms with Gasteiger partial charge in [0.15, 0.2) is 11.6 Å². The minimum atomic E-state index is -0.602. The molecular formula is C15H22FNO2. The monoisotopic (exact) mass is 267 g/mol. The lowest BCUT2D eigenvalue weighted by Crippen LogP contribution is -2.50. The molecule has 0 aromatic heterocycles. The average molecular weight is 267 g/mol. The molecule has 0 amide bonds. The Morgan fingerprint density at radius 3 is 2.63 bits per heavy atom. The Balaban J connectivity index is 1.97.